The Morgan fingerprint density at radius 2 is 2.00 bits per heavy atom. The van der Waals surface area contributed by atoms with Crippen molar-refractivity contribution in [1.82, 2.24) is 14.6 Å². The van der Waals surface area contributed by atoms with E-state index in [2.05, 4.69) is 10.1 Å². The van der Waals surface area contributed by atoms with Crippen LogP contribution < -0.4 is 4.53 Å². The lowest BCUT2D eigenvalue weighted by Gasteiger charge is -2.12. The number of hydrogen-bond acceptors (Lipinski definition) is 4. The molecule has 0 saturated carbocycles. The quantitative estimate of drug-likeness (QED) is 0.673. The third-order valence-corrected chi connectivity index (χ3v) is 4.90. The van der Waals surface area contributed by atoms with Gasteiger partial charge in [-0.15, -0.1) is 0 Å². The zero-order valence-corrected chi connectivity index (χ0v) is 13.2. The number of nitrogens with zero attached hydrogens (tertiary/aromatic N) is 4. The fraction of sp³-hybridized carbons (Fsp3) is 0.200. The fourth-order valence-electron chi connectivity index (χ4n) is 2.21. The van der Waals surface area contributed by atoms with Crippen LogP contribution in [0.15, 0.2) is 48.8 Å². The van der Waals surface area contributed by atoms with Crippen LogP contribution in [0, 0.1) is 0 Å². The second-order valence-electron chi connectivity index (χ2n) is 5.04. The first kappa shape index (κ1) is 15.4. The van der Waals surface area contributed by atoms with Gasteiger partial charge >= 0.3 is 0 Å². The summed E-state index contributed by atoms with van der Waals surface area (Å²) in [6.07, 6.45) is 2.82. The van der Waals surface area contributed by atoms with Gasteiger partial charge in [-0.2, -0.15) is 5.10 Å². The van der Waals surface area contributed by atoms with E-state index in [1.807, 2.05) is 30.3 Å². The summed E-state index contributed by atoms with van der Waals surface area (Å²) in [5.41, 5.74) is 1.91. The zero-order valence-electron chi connectivity index (χ0n) is 12.4. The third-order valence-electron chi connectivity index (χ3n) is 3.28. The van der Waals surface area contributed by atoms with Gasteiger partial charge in [0, 0.05) is 11.6 Å². The lowest BCUT2D eigenvalue weighted by molar-refractivity contribution is 0.493. The molecule has 8 heteroatoms. The summed E-state index contributed by atoms with van der Waals surface area (Å²) < 4.78 is 38.8. The van der Waals surface area contributed by atoms with E-state index < -0.39 is 10.0 Å². The van der Waals surface area contributed by atoms with Crippen molar-refractivity contribution in [2.75, 3.05) is 10.3 Å². The molecule has 0 fully saturated rings. The van der Waals surface area contributed by atoms with Crippen molar-refractivity contribution in [3.8, 4) is 11.3 Å². The highest BCUT2D eigenvalue weighted by molar-refractivity contribution is 7.92. The molecule has 1 aromatic carbocycles. The standard InChI is InChI=1S/C15H15FN4O2S/c1-2-8-23(21,22)20(16)13-10-17-15-9-14(18-19(15)11-13)12-6-4-3-5-7-12/h3-7,9-11H,2,8H2,1H3. The van der Waals surface area contributed by atoms with Gasteiger partial charge in [-0.3, -0.25) is 0 Å². The highest BCUT2D eigenvalue weighted by Gasteiger charge is 2.22. The largest absolute Gasteiger partial charge is 0.261 e. The summed E-state index contributed by atoms with van der Waals surface area (Å²) in [6.45, 7) is 1.67. The molecule has 23 heavy (non-hydrogen) atoms. The fourth-order valence-corrected chi connectivity index (χ4v) is 3.30. The van der Waals surface area contributed by atoms with Crippen LogP contribution in [0.2, 0.25) is 0 Å². The van der Waals surface area contributed by atoms with Gasteiger partial charge in [-0.25, -0.2) is 17.9 Å². The summed E-state index contributed by atoms with van der Waals surface area (Å²) in [5.74, 6) is -0.268. The van der Waals surface area contributed by atoms with Gasteiger partial charge < -0.3 is 0 Å². The number of anilines is 1. The van der Waals surface area contributed by atoms with Crippen LogP contribution in [0.1, 0.15) is 13.3 Å². The van der Waals surface area contributed by atoms with Crippen molar-refractivity contribution in [2.24, 2.45) is 0 Å². The Kier molecular flexibility index (Phi) is 3.99. The molecule has 0 saturated heterocycles. The lowest BCUT2D eigenvalue weighted by Crippen LogP contribution is -2.25. The van der Waals surface area contributed by atoms with Crippen molar-refractivity contribution >= 4 is 21.4 Å². The number of rotatable bonds is 5. The molecule has 3 aromatic rings. The van der Waals surface area contributed by atoms with E-state index in [9.17, 15) is 12.9 Å². The van der Waals surface area contributed by atoms with Gasteiger partial charge in [-0.05, 0) is 6.42 Å². The zero-order chi connectivity index (χ0) is 16.4. The Morgan fingerprint density at radius 3 is 2.70 bits per heavy atom. The maximum absolute atomic E-state index is 14.1. The van der Waals surface area contributed by atoms with Crippen molar-refractivity contribution in [3.63, 3.8) is 0 Å². The molecule has 0 aliphatic carbocycles. The number of hydrogen-bond donors (Lipinski definition) is 0. The minimum atomic E-state index is -3.99. The van der Waals surface area contributed by atoms with Gasteiger partial charge in [0.15, 0.2) is 5.65 Å². The second-order valence-corrected chi connectivity index (χ2v) is 6.93. The Hall–Kier alpha value is -2.48. The molecule has 0 N–H and O–H groups in total. The SMILES string of the molecule is CCCS(=O)(=O)N(F)c1cnc2cc(-c3ccccc3)nn2c1. The smallest absolute Gasteiger partial charge is 0.235 e. The molecule has 2 heterocycles. The summed E-state index contributed by atoms with van der Waals surface area (Å²) in [5, 5.41) is 4.32. The Balaban J connectivity index is 2.00. The molecule has 0 bridgehead atoms. The predicted molar refractivity (Wildman–Crippen MR) is 86.1 cm³/mol. The van der Waals surface area contributed by atoms with Crippen molar-refractivity contribution in [2.45, 2.75) is 13.3 Å². The summed E-state index contributed by atoms with van der Waals surface area (Å²) in [7, 11) is -3.99. The van der Waals surface area contributed by atoms with Gasteiger partial charge in [0.1, 0.15) is 5.69 Å². The molecule has 0 amide bonds. The number of halogens is 1. The number of benzene rings is 1. The normalized spacial score (nSPS) is 11.7. The molecule has 0 aliphatic heterocycles. The van der Waals surface area contributed by atoms with E-state index in [0.29, 0.717) is 17.8 Å². The first-order valence-corrected chi connectivity index (χ1v) is 8.72. The van der Waals surface area contributed by atoms with E-state index in [0.717, 1.165) is 5.56 Å². The molecule has 0 atom stereocenters. The van der Waals surface area contributed by atoms with E-state index in [1.165, 1.54) is 16.9 Å². The molecule has 0 spiro atoms. The number of fused-ring (bicyclic) bond motifs is 1. The molecule has 3 rings (SSSR count). The number of aromatic nitrogens is 3. The van der Waals surface area contributed by atoms with Crippen LogP contribution in [-0.2, 0) is 10.0 Å². The Bertz CT molecular complexity index is 925. The van der Waals surface area contributed by atoms with Crippen LogP contribution in [0.4, 0.5) is 10.2 Å². The molecular formula is C15H15FN4O2S. The van der Waals surface area contributed by atoms with Crippen LogP contribution in [0.25, 0.3) is 16.9 Å². The van der Waals surface area contributed by atoms with Crippen LogP contribution in [-0.4, -0.2) is 28.8 Å². The van der Waals surface area contributed by atoms with Crippen molar-refractivity contribution < 1.29 is 12.9 Å². The minimum Gasteiger partial charge on any atom is -0.235 e. The van der Waals surface area contributed by atoms with E-state index in [4.69, 9.17) is 0 Å². The molecular weight excluding hydrogens is 319 g/mol. The topological polar surface area (TPSA) is 67.6 Å². The minimum absolute atomic E-state index is 0.173. The molecule has 0 aliphatic rings. The van der Waals surface area contributed by atoms with Crippen molar-refractivity contribution in [1.29, 1.82) is 0 Å². The first-order valence-electron chi connectivity index (χ1n) is 7.11. The second kappa shape index (κ2) is 5.96. The van der Waals surface area contributed by atoms with Crippen LogP contribution in [0.3, 0.4) is 0 Å². The average molecular weight is 334 g/mol. The average Bonchev–Trinajstić information content (AvgIpc) is 2.98. The number of sulfonamides is 1. The van der Waals surface area contributed by atoms with E-state index >= 15 is 0 Å². The Labute approximate surface area is 133 Å². The maximum atomic E-state index is 14.1. The Morgan fingerprint density at radius 1 is 1.26 bits per heavy atom. The molecule has 0 radical (unpaired) electrons. The molecule has 2 aromatic heterocycles. The third kappa shape index (κ3) is 3.02. The molecule has 0 unspecified atom stereocenters. The van der Waals surface area contributed by atoms with Crippen LogP contribution >= 0.6 is 0 Å². The predicted octanol–water partition coefficient (Wildman–Crippen LogP) is 2.83. The first-order chi connectivity index (χ1) is 11.0. The van der Waals surface area contributed by atoms with E-state index in [1.54, 1.807) is 13.0 Å². The summed E-state index contributed by atoms with van der Waals surface area (Å²) >= 11 is 0. The summed E-state index contributed by atoms with van der Waals surface area (Å²) in [4.78, 5) is 4.08. The highest BCUT2D eigenvalue weighted by Crippen LogP contribution is 2.22. The van der Waals surface area contributed by atoms with Gasteiger partial charge in [0.2, 0.25) is 0 Å². The van der Waals surface area contributed by atoms with Gasteiger partial charge in [-0.1, -0.05) is 46.3 Å². The lowest BCUT2D eigenvalue weighted by atomic mass is 10.2. The molecule has 6 nitrogen and oxygen atoms in total. The van der Waals surface area contributed by atoms with Crippen molar-refractivity contribution in [3.05, 3.63) is 48.8 Å². The monoisotopic (exact) mass is 334 g/mol. The highest BCUT2D eigenvalue weighted by atomic mass is 32.2. The van der Waals surface area contributed by atoms with E-state index in [-0.39, 0.29) is 16.0 Å². The van der Waals surface area contributed by atoms with Crippen LogP contribution in [0.5, 0.6) is 0 Å². The summed E-state index contributed by atoms with van der Waals surface area (Å²) in [6, 6.07) is 11.2. The molecule has 120 valence electrons. The van der Waals surface area contributed by atoms with Gasteiger partial charge in [0.25, 0.3) is 10.0 Å². The maximum Gasteiger partial charge on any atom is 0.261 e. The van der Waals surface area contributed by atoms with Gasteiger partial charge in [0.05, 0.1) is 23.8 Å².